The van der Waals surface area contributed by atoms with Crippen LogP contribution >= 0.6 is 0 Å². The van der Waals surface area contributed by atoms with Crippen LogP contribution in [0.2, 0.25) is 0 Å². The summed E-state index contributed by atoms with van der Waals surface area (Å²) < 4.78 is 24.5. The van der Waals surface area contributed by atoms with Crippen molar-refractivity contribution in [1.29, 1.82) is 0 Å². The van der Waals surface area contributed by atoms with E-state index in [1.165, 1.54) is 12.3 Å². The number of rotatable bonds is 6. The Morgan fingerprint density at radius 3 is 2.38 bits per heavy atom. The molecule has 1 aromatic rings. The maximum atomic E-state index is 13.3. The molecule has 0 amide bonds. The lowest BCUT2D eigenvalue weighted by molar-refractivity contribution is -0.0169. The van der Waals surface area contributed by atoms with Crippen molar-refractivity contribution in [2.24, 2.45) is 0 Å². The second-order valence-corrected chi connectivity index (χ2v) is 7.03. The summed E-state index contributed by atoms with van der Waals surface area (Å²) in [5.74, 6) is 0.0876. The van der Waals surface area contributed by atoms with Gasteiger partial charge in [0.15, 0.2) is 0 Å². The highest BCUT2D eigenvalue weighted by atomic mass is 19.1. The second-order valence-electron chi connectivity index (χ2n) is 7.03. The van der Waals surface area contributed by atoms with Gasteiger partial charge in [0, 0.05) is 17.6 Å². The highest BCUT2D eigenvalue weighted by molar-refractivity contribution is 5.26. The molecule has 0 aliphatic carbocycles. The third-order valence-corrected chi connectivity index (χ3v) is 2.56. The van der Waals surface area contributed by atoms with Crippen LogP contribution in [0.3, 0.4) is 0 Å². The molecule has 0 fully saturated rings. The Kier molecular flexibility index (Phi) is 6.10. The molecular weight excluding hydrogens is 271 g/mol. The Bertz CT molecular complexity index is 451. The first-order valence-corrected chi connectivity index (χ1v) is 7.23. The lowest BCUT2D eigenvalue weighted by atomic mass is 10.1. The first kappa shape index (κ1) is 17.9. The number of halogens is 1. The van der Waals surface area contributed by atoms with Gasteiger partial charge >= 0.3 is 0 Å². The molecule has 21 heavy (non-hydrogen) atoms. The summed E-state index contributed by atoms with van der Waals surface area (Å²) in [4.78, 5) is 4.02. The quantitative estimate of drug-likeness (QED) is 0.818. The maximum Gasteiger partial charge on any atom is 0.218 e. The van der Waals surface area contributed by atoms with E-state index in [-0.39, 0.29) is 17.0 Å². The summed E-state index contributed by atoms with van der Waals surface area (Å²) in [7, 11) is 0. The number of hydrogen-bond donors (Lipinski definition) is 1. The summed E-state index contributed by atoms with van der Waals surface area (Å²) in [6, 6.07) is 1.45. The van der Waals surface area contributed by atoms with Gasteiger partial charge in [-0.15, -0.1) is 0 Å². The third kappa shape index (κ3) is 7.97. The predicted molar refractivity (Wildman–Crippen MR) is 82.0 cm³/mol. The van der Waals surface area contributed by atoms with Crippen LogP contribution in [0.25, 0.3) is 0 Å². The van der Waals surface area contributed by atoms with Gasteiger partial charge < -0.3 is 14.8 Å². The van der Waals surface area contributed by atoms with Crippen molar-refractivity contribution in [2.75, 3.05) is 13.2 Å². The van der Waals surface area contributed by atoms with E-state index in [2.05, 4.69) is 31.1 Å². The number of hydrogen-bond acceptors (Lipinski definition) is 4. The zero-order valence-electron chi connectivity index (χ0n) is 13.9. The topological polar surface area (TPSA) is 43.4 Å². The number of aromatic nitrogens is 1. The first-order chi connectivity index (χ1) is 9.57. The number of ether oxygens (including phenoxy) is 2. The van der Waals surface area contributed by atoms with Gasteiger partial charge in [-0.1, -0.05) is 0 Å². The Hall–Kier alpha value is -1.20. The van der Waals surface area contributed by atoms with Crippen LogP contribution in [0.1, 0.15) is 47.1 Å². The second kappa shape index (κ2) is 7.18. The third-order valence-electron chi connectivity index (χ3n) is 2.56. The van der Waals surface area contributed by atoms with E-state index in [4.69, 9.17) is 9.47 Å². The number of nitrogens with one attached hydrogen (secondary N) is 1. The number of nitrogens with zero attached hydrogens (tertiary/aromatic N) is 1. The molecule has 0 spiro atoms. The normalized spacial score (nSPS) is 12.5. The summed E-state index contributed by atoms with van der Waals surface area (Å²) in [6.07, 6.45) is 1.17. The van der Waals surface area contributed by atoms with Gasteiger partial charge in [-0.2, -0.15) is 0 Å². The van der Waals surface area contributed by atoms with Crippen molar-refractivity contribution in [2.45, 2.75) is 59.2 Å². The zero-order chi connectivity index (χ0) is 16.1. The van der Waals surface area contributed by atoms with E-state index in [1.807, 2.05) is 20.8 Å². The van der Waals surface area contributed by atoms with Gasteiger partial charge in [0.1, 0.15) is 12.4 Å². The molecule has 0 atom stereocenters. The Morgan fingerprint density at radius 2 is 1.81 bits per heavy atom. The smallest absolute Gasteiger partial charge is 0.218 e. The number of pyridine rings is 1. The minimum Gasteiger partial charge on any atom is -0.475 e. The van der Waals surface area contributed by atoms with Gasteiger partial charge in [0.25, 0.3) is 0 Å². The maximum absolute atomic E-state index is 13.3. The molecule has 0 saturated heterocycles. The van der Waals surface area contributed by atoms with E-state index in [0.29, 0.717) is 31.2 Å². The fourth-order valence-corrected chi connectivity index (χ4v) is 1.57. The van der Waals surface area contributed by atoms with Crippen LogP contribution < -0.4 is 10.1 Å². The van der Waals surface area contributed by atoms with Gasteiger partial charge in [0.2, 0.25) is 5.88 Å². The van der Waals surface area contributed by atoms with E-state index in [1.54, 1.807) is 0 Å². The SMILES string of the molecule is CC(C)(C)NCc1cc(F)cnc1OCCOC(C)(C)C. The van der Waals surface area contributed by atoms with E-state index < -0.39 is 0 Å². The van der Waals surface area contributed by atoms with Crippen molar-refractivity contribution < 1.29 is 13.9 Å². The van der Waals surface area contributed by atoms with Gasteiger partial charge in [-0.05, 0) is 47.6 Å². The molecule has 120 valence electrons. The van der Waals surface area contributed by atoms with Gasteiger partial charge in [-0.25, -0.2) is 9.37 Å². The van der Waals surface area contributed by atoms with Crippen molar-refractivity contribution in [3.8, 4) is 5.88 Å². The average Bonchev–Trinajstić information content (AvgIpc) is 2.31. The fraction of sp³-hybridized carbons (Fsp3) is 0.688. The van der Waals surface area contributed by atoms with Crippen molar-refractivity contribution >= 4 is 0 Å². The van der Waals surface area contributed by atoms with Crippen LogP contribution in [0.15, 0.2) is 12.3 Å². The molecule has 0 aliphatic heterocycles. The van der Waals surface area contributed by atoms with E-state index in [9.17, 15) is 4.39 Å². The molecule has 1 rings (SSSR count). The van der Waals surface area contributed by atoms with Gasteiger partial charge in [-0.3, -0.25) is 0 Å². The van der Waals surface area contributed by atoms with Crippen molar-refractivity contribution in [1.82, 2.24) is 10.3 Å². The fourth-order valence-electron chi connectivity index (χ4n) is 1.57. The molecule has 0 saturated carbocycles. The van der Waals surface area contributed by atoms with Crippen LogP contribution in [0, 0.1) is 5.82 Å². The molecule has 0 bridgehead atoms. The summed E-state index contributed by atoms with van der Waals surface area (Å²) >= 11 is 0. The molecule has 0 aromatic carbocycles. The van der Waals surface area contributed by atoms with Gasteiger partial charge in [0.05, 0.1) is 18.4 Å². The largest absolute Gasteiger partial charge is 0.475 e. The van der Waals surface area contributed by atoms with Crippen molar-refractivity contribution in [3.63, 3.8) is 0 Å². The van der Waals surface area contributed by atoms with E-state index >= 15 is 0 Å². The first-order valence-electron chi connectivity index (χ1n) is 7.23. The highest BCUT2D eigenvalue weighted by Crippen LogP contribution is 2.17. The Morgan fingerprint density at radius 1 is 1.14 bits per heavy atom. The van der Waals surface area contributed by atoms with Crippen molar-refractivity contribution in [3.05, 3.63) is 23.6 Å². The summed E-state index contributed by atoms with van der Waals surface area (Å²) in [6.45, 7) is 13.5. The summed E-state index contributed by atoms with van der Waals surface area (Å²) in [5, 5.41) is 3.30. The minimum atomic E-state index is -0.362. The molecular formula is C16H27FN2O2. The summed E-state index contributed by atoms with van der Waals surface area (Å²) in [5.41, 5.74) is 0.454. The van der Waals surface area contributed by atoms with Crippen LogP contribution in [-0.2, 0) is 11.3 Å². The zero-order valence-corrected chi connectivity index (χ0v) is 13.9. The minimum absolute atomic E-state index is 0.0566. The van der Waals surface area contributed by atoms with Crippen LogP contribution in [-0.4, -0.2) is 29.3 Å². The molecule has 1 heterocycles. The molecule has 0 aliphatic rings. The molecule has 0 unspecified atom stereocenters. The Balaban J connectivity index is 2.60. The monoisotopic (exact) mass is 298 g/mol. The highest BCUT2D eigenvalue weighted by Gasteiger charge is 2.14. The standard InChI is InChI=1S/C16H27FN2O2/c1-15(2,3)19-10-12-9-13(17)11-18-14(12)20-7-8-21-16(4,5)6/h9,11,19H,7-8,10H2,1-6H3. The molecule has 5 heteroatoms. The average molecular weight is 298 g/mol. The molecule has 1 aromatic heterocycles. The lowest BCUT2D eigenvalue weighted by Crippen LogP contribution is -2.35. The van der Waals surface area contributed by atoms with Crippen LogP contribution in [0.4, 0.5) is 4.39 Å². The lowest BCUT2D eigenvalue weighted by Gasteiger charge is -2.22. The molecule has 4 nitrogen and oxygen atoms in total. The molecule has 0 radical (unpaired) electrons. The Labute approximate surface area is 127 Å². The van der Waals surface area contributed by atoms with E-state index in [0.717, 1.165) is 0 Å². The van der Waals surface area contributed by atoms with Crippen LogP contribution in [0.5, 0.6) is 5.88 Å². The molecule has 1 N–H and O–H groups in total. The predicted octanol–water partition coefficient (Wildman–Crippen LogP) is 3.30.